The second-order valence-corrected chi connectivity index (χ2v) is 7.50. The highest BCUT2D eigenvalue weighted by atomic mass is 16.5. The summed E-state index contributed by atoms with van der Waals surface area (Å²) in [5.74, 6) is -0.466. The molecule has 0 aliphatic heterocycles. The number of ether oxygens (including phenoxy) is 1. The van der Waals surface area contributed by atoms with Gasteiger partial charge in [-0.3, -0.25) is 4.79 Å². The van der Waals surface area contributed by atoms with E-state index >= 15 is 0 Å². The Morgan fingerprint density at radius 2 is 1.62 bits per heavy atom. The minimum atomic E-state index is -0.351. The molecule has 1 N–H and O–H groups in total. The Morgan fingerprint density at radius 1 is 0.966 bits per heavy atom. The Bertz CT molecular complexity index is 911. The van der Waals surface area contributed by atoms with Crippen LogP contribution < -0.4 is 5.32 Å². The number of benzene rings is 2. The van der Waals surface area contributed by atoms with Crippen LogP contribution >= 0.6 is 0 Å². The van der Waals surface area contributed by atoms with E-state index in [9.17, 15) is 9.59 Å². The smallest absolute Gasteiger partial charge is 0.336 e. The third kappa shape index (κ3) is 4.26. The van der Waals surface area contributed by atoms with Crippen LogP contribution in [0.15, 0.2) is 60.2 Å². The third-order valence-electron chi connectivity index (χ3n) is 5.90. The lowest BCUT2D eigenvalue weighted by molar-refractivity contribution is -0.140. The van der Waals surface area contributed by atoms with Crippen molar-refractivity contribution in [1.29, 1.82) is 0 Å². The summed E-state index contributed by atoms with van der Waals surface area (Å²) in [5, 5.41) is 3.08. The first-order valence-corrected chi connectivity index (χ1v) is 10.4. The molecular formula is C25H29NO3. The molecule has 0 atom stereocenters. The fraction of sp³-hybridized carbons (Fsp3) is 0.360. The van der Waals surface area contributed by atoms with Crippen LogP contribution in [0.25, 0.3) is 5.70 Å². The van der Waals surface area contributed by atoms with E-state index in [-0.39, 0.29) is 23.7 Å². The largest absolute Gasteiger partial charge is 0.463 e. The summed E-state index contributed by atoms with van der Waals surface area (Å²) in [5.41, 5.74) is 3.86. The zero-order valence-corrected chi connectivity index (χ0v) is 17.5. The van der Waals surface area contributed by atoms with Gasteiger partial charge in [0.1, 0.15) is 0 Å². The molecule has 3 rings (SSSR count). The van der Waals surface area contributed by atoms with Crippen LogP contribution in [0.3, 0.4) is 0 Å². The van der Waals surface area contributed by atoms with Gasteiger partial charge in [-0.25, -0.2) is 4.79 Å². The highest BCUT2D eigenvalue weighted by molar-refractivity contribution is 6.03. The van der Waals surface area contributed by atoms with Gasteiger partial charge in [-0.2, -0.15) is 0 Å². The van der Waals surface area contributed by atoms with Gasteiger partial charge in [0.2, 0.25) is 5.91 Å². The average molecular weight is 392 g/mol. The van der Waals surface area contributed by atoms with Crippen molar-refractivity contribution < 1.29 is 14.3 Å². The van der Waals surface area contributed by atoms with Gasteiger partial charge in [0.25, 0.3) is 0 Å². The predicted molar refractivity (Wildman–Crippen MR) is 115 cm³/mol. The highest BCUT2D eigenvalue weighted by Gasteiger charge is 2.43. The van der Waals surface area contributed by atoms with Crippen molar-refractivity contribution in [3.05, 3.63) is 76.9 Å². The molecule has 0 spiro atoms. The van der Waals surface area contributed by atoms with Crippen molar-refractivity contribution in [2.45, 2.75) is 46.5 Å². The summed E-state index contributed by atoms with van der Waals surface area (Å²) in [6.45, 7) is 6.31. The molecule has 0 fully saturated rings. The van der Waals surface area contributed by atoms with Crippen LogP contribution in [-0.2, 0) is 27.2 Å². The van der Waals surface area contributed by atoms with E-state index in [4.69, 9.17) is 4.74 Å². The number of hydrogen-bond acceptors (Lipinski definition) is 3. The van der Waals surface area contributed by atoms with E-state index < -0.39 is 0 Å². The predicted octanol–water partition coefficient (Wildman–Crippen LogP) is 4.68. The summed E-state index contributed by atoms with van der Waals surface area (Å²) in [4.78, 5) is 26.0. The number of carbonyl (C=O) groups is 2. The van der Waals surface area contributed by atoms with E-state index in [2.05, 4.69) is 25.2 Å². The standard InChI is InChI=1S/C25H29NO3/c1-4-25(5-2)17-19-14-10-11-15-20(19)23(22(25)24(28)29-6-3)26-21(27)16-18-12-8-7-9-13-18/h7-15H,4-6,16-17H2,1-3H3,(H,26,27). The van der Waals surface area contributed by atoms with Gasteiger partial charge < -0.3 is 10.1 Å². The molecule has 0 saturated carbocycles. The fourth-order valence-corrected chi connectivity index (χ4v) is 4.24. The molecule has 4 nitrogen and oxygen atoms in total. The molecule has 1 aliphatic rings. The second kappa shape index (κ2) is 9.08. The molecule has 2 aromatic rings. The van der Waals surface area contributed by atoms with Gasteiger partial charge in [-0.15, -0.1) is 0 Å². The molecule has 2 aromatic carbocycles. The molecule has 0 heterocycles. The minimum Gasteiger partial charge on any atom is -0.463 e. The summed E-state index contributed by atoms with van der Waals surface area (Å²) < 4.78 is 5.44. The average Bonchev–Trinajstić information content (AvgIpc) is 2.74. The normalized spacial score (nSPS) is 14.9. The molecule has 29 heavy (non-hydrogen) atoms. The van der Waals surface area contributed by atoms with Gasteiger partial charge in [0.05, 0.1) is 24.3 Å². The molecule has 1 aliphatic carbocycles. The number of esters is 1. The number of amides is 1. The fourth-order valence-electron chi connectivity index (χ4n) is 4.24. The first-order chi connectivity index (χ1) is 14.0. The highest BCUT2D eigenvalue weighted by Crippen LogP contribution is 2.47. The maximum absolute atomic E-state index is 13.1. The Balaban J connectivity index is 2.08. The molecule has 0 bridgehead atoms. The zero-order valence-electron chi connectivity index (χ0n) is 17.5. The lowest BCUT2D eigenvalue weighted by atomic mass is 9.66. The number of fused-ring (bicyclic) bond motifs is 1. The molecule has 0 unspecified atom stereocenters. The second-order valence-electron chi connectivity index (χ2n) is 7.50. The van der Waals surface area contributed by atoms with Crippen molar-refractivity contribution in [2.75, 3.05) is 6.61 Å². The van der Waals surface area contributed by atoms with E-state index in [0.717, 1.165) is 36.0 Å². The number of hydrogen-bond donors (Lipinski definition) is 1. The van der Waals surface area contributed by atoms with Crippen molar-refractivity contribution in [1.82, 2.24) is 5.32 Å². The van der Waals surface area contributed by atoms with Crippen molar-refractivity contribution in [3.63, 3.8) is 0 Å². The molecule has 0 aromatic heterocycles. The van der Waals surface area contributed by atoms with Gasteiger partial charge >= 0.3 is 5.97 Å². The van der Waals surface area contributed by atoms with Crippen molar-refractivity contribution in [3.8, 4) is 0 Å². The third-order valence-corrected chi connectivity index (χ3v) is 5.90. The van der Waals surface area contributed by atoms with Crippen molar-refractivity contribution in [2.24, 2.45) is 5.41 Å². The van der Waals surface area contributed by atoms with E-state index in [1.165, 1.54) is 0 Å². The number of rotatable bonds is 7. The Hall–Kier alpha value is -2.88. The summed E-state index contributed by atoms with van der Waals surface area (Å²) in [6, 6.07) is 17.6. The van der Waals surface area contributed by atoms with Gasteiger partial charge in [-0.05, 0) is 37.3 Å². The molecule has 0 saturated heterocycles. The number of carbonyl (C=O) groups excluding carboxylic acids is 2. The zero-order chi connectivity index (χ0) is 20.9. The Morgan fingerprint density at radius 3 is 2.28 bits per heavy atom. The molecule has 1 amide bonds. The minimum absolute atomic E-state index is 0.134. The first kappa shape index (κ1) is 20.8. The van der Waals surface area contributed by atoms with Gasteiger partial charge in [0.15, 0.2) is 0 Å². The summed E-state index contributed by atoms with van der Waals surface area (Å²) in [6.07, 6.45) is 2.62. The van der Waals surface area contributed by atoms with Crippen LogP contribution in [-0.4, -0.2) is 18.5 Å². The lowest BCUT2D eigenvalue weighted by Gasteiger charge is -2.39. The van der Waals surface area contributed by atoms with Crippen LogP contribution in [0, 0.1) is 5.41 Å². The van der Waals surface area contributed by atoms with E-state index in [1.54, 1.807) is 0 Å². The molecule has 152 valence electrons. The van der Waals surface area contributed by atoms with E-state index in [1.807, 2.05) is 55.5 Å². The summed E-state index contributed by atoms with van der Waals surface area (Å²) >= 11 is 0. The van der Waals surface area contributed by atoms with Crippen LogP contribution in [0.4, 0.5) is 0 Å². The Kier molecular flexibility index (Phi) is 6.53. The maximum atomic E-state index is 13.1. The van der Waals surface area contributed by atoms with Gasteiger partial charge in [-0.1, -0.05) is 68.4 Å². The van der Waals surface area contributed by atoms with Crippen molar-refractivity contribution >= 4 is 17.6 Å². The van der Waals surface area contributed by atoms with Gasteiger partial charge in [0, 0.05) is 11.0 Å². The molecule has 4 heteroatoms. The quantitative estimate of drug-likeness (QED) is 0.697. The lowest BCUT2D eigenvalue weighted by Crippen LogP contribution is -2.39. The van der Waals surface area contributed by atoms with Crippen LogP contribution in [0.1, 0.15) is 50.3 Å². The van der Waals surface area contributed by atoms with E-state index in [0.29, 0.717) is 17.9 Å². The number of nitrogens with one attached hydrogen (secondary N) is 1. The first-order valence-electron chi connectivity index (χ1n) is 10.4. The van der Waals surface area contributed by atoms with Crippen LogP contribution in [0.2, 0.25) is 0 Å². The summed E-state index contributed by atoms with van der Waals surface area (Å²) in [7, 11) is 0. The monoisotopic (exact) mass is 391 g/mol. The Labute approximate surface area is 173 Å². The molecule has 0 radical (unpaired) electrons. The SMILES string of the molecule is CCOC(=O)C1=C(NC(=O)Cc2ccccc2)c2ccccc2CC1(CC)CC. The molecular weight excluding hydrogens is 362 g/mol. The maximum Gasteiger partial charge on any atom is 0.336 e. The topological polar surface area (TPSA) is 55.4 Å². The van der Waals surface area contributed by atoms with Crippen LogP contribution in [0.5, 0.6) is 0 Å².